The Morgan fingerprint density at radius 3 is 1.53 bits per heavy atom. The molecule has 0 atom stereocenters. The van der Waals surface area contributed by atoms with E-state index in [0.717, 1.165) is 116 Å². The van der Waals surface area contributed by atoms with Crippen LogP contribution in [-0.4, -0.2) is 0 Å². The number of para-hydroxylation sites is 2. The maximum atomic E-state index is 6.73. The third-order valence-corrected chi connectivity index (χ3v) is 12.3. The van der Waals surface area contributed by atoms with Gasteiger partial charge in [0.25, 0.3) is 0 Å². The first-order chi connectivity index (χ1) is 29.7. The molecule has 0 aliphatic rings. The molecule has 0 spiro atoms. The third kappa shape index (κ3) is 4.85. The fourth-order valence-corrected chi connectivity index (χ4v) is 9.50. The predicted octanol–water partition coefficient (Wildman–Crippen LogP) is 16.5. The summed E-state index contributed by atoms with van der Waals surface area (Å²) in [5, 5.41) is 11.2. The molecule has 4 heteroatoms. The summed E-state index contributed by atoms with van der Waals surface area (Å²) in [5.74, 6) is 0. The van der Waals surface area contributed by atoms with Gasteiger partial charge in [0.1, 0.15) is 33.5 Å². The van der Waals surface area contributed by atoms with Gasteiger partial charge in [-0.3, -0.25) is 0 Å². The second-order valence-corrected chi connectivity index (χ2v) is 15.6. The molecular weight excluding hydrogens is 735 g/mol. The van der Waals surface area contributed by atoms with Crippen LogP contribution in [0.3, 0.4) is 0 Å². The molecule has 280 valence electrons. The van der Waals surface area contributed by atoms with Gasteiger partial charge in [-0.1, -0.05) is 140 Å². The Bertz CT molecular complexity index is 3830. The fourth-order valence-electron chi connectivity index (χ4n) is 9.50. The summed E-state index contributed by atoms with van der Waals surface area (Å²) in [6.07, 6.45) is 0. The Labute approximate surface area is 343 Å². The smallest absolute Gasteiger partial charge is 0.143 e. The molecule has 0 N–H and O–H groups in total. The van der Waals surface area contributed by atoms with Crippen LogP contribution in [0.2, 0.25) is 0 Å². The SMILES string of the molecule is c1ccc2c(c1)ccc1c3cccc(-c4ccc(N(c5ccc(-c6cccc7oc8c9ccccc9ccc8c67)cc5)c5cccc6oc7ccccc7c56)cc4)c3oc21. The Kier molecular flexibility index (Phi) is 6.98. The van der Waals surface area contributed by atoms with Crippen LogP contribution in [0.1, 0.15) is 0 Å². The number of fused-ring (bicyclic) bond motifs is 13. The molecule has 60 heavy (non-hydrogen) atoms. The average Bonchev–Trinajstić information content (AvgIpc) is 4.02. The minimum Gasteiger partial charge on any atom is -0.456 e. The van der Waals surface area contributed by atoms with Gasteiger partial charge in [0.2, 0.25) is 0 Å². The van der Waals surface area contributed by atoms with E-state index in [1.807, 2.05) is 12.1 Å². The van der Waals surface area contributed by atoms with Gasteiger partial charge in [0.15, 0.2) is 0 Å². The lowest BCUT2D eigenvalue weighted by molar-refractivity contribution is 0.669. The summed E-state index contributed by atoms with van der Waals surface area (Å²) >= 11 is 0. The Morgan fingerprint density at radius 2 is 0.800 bits per heavy atom. The summed E-state index contributed by atoms with van der Waals surface area (Å²) in [5.41, 5.74) is 12.9. The summed E-state index contributed by atoms with van der Waals surface area (Å²) in [6, 6.07) is 70.7. The van der Waals surface area contributed by atoms with E-state index >= 15 is 0 Å². The monoisotopic (exact) mass is 767 g/mol. The number of rotatable bonds is 5. The van der Waals surface area contributed by atoms with Crippen LogP contribution in [0.15, 0.2) is 213 Å². The molecule has 0 fully saturated rings. The quantitative estimate of drug-likeness (QED) is 0.175. The van der Waals surface area contributed by atoms with Gasteiger partial charge in [0.05, 0.1) is 11.1 Å². The molecule has 0 amide bonds. The highest BCUT2D eigenvalue weighted by atomic mass is 16.3. The predicted molar refractivity (Wildman–Crippen MR) is 249 cm³/mol. The zero-order chi connectivity index (χ0) is 39.3. The van der Waals surface area contributed by atoms with Crippen molar-refractivity contribution in [3.63, 3.8) is 0 Å². The van der Waals surface area contributed by atoms with E-state index < -0.39 is 0 Å². The second-order valence-electron chi connectivity index (χ2n) is 15.6. The van der Waals surface area contributed by atoms with Crippen molar-refractivity contribution < 1.29 is 13.3 Å². The Hall–Kier alpha value is -8.08. The maximum absolute atomic E-state index is 6.73. The number of anilines is 3. The number of nitrogens with zero attached hydrogens (tertiary/aromatic N) is 1. The summed E-state index contributed by atoms with van der Waals surface area (Å²) in [6.45, 7) is 0. The third-order valence-electron chi connectivity index (χ3n) is 12.3. The minimum atomic E-state index is 0.849. The van der Waals surface area contributed by atoms with Crippen molar-refractivity contribution in [2.75, 3.05) is 4.90 Å². The van der Waals surface area contributed by atoms with Gasteiger partial charge >= 0.3 is 0 Å². The number of hydrogen-bond acceptors (Lipinski definition) is 4. The zero-order valence-electron chi connectivity index (χ0n) is 32.2. The average molecular weight is 768 g/mol. The Balaban J connectivity index is 0.960. The van der Waals surface area contributed by atoms with Crippen molar-refractivity contribution in [3.8, 4) is 22.3 Å². The van der Waals surface area contributed by atoms with E-state index in [4.69, 9.17) is 13.3 Å². The normalized spacial score (nSPS) is 12.0. The number of furan rings is 3. The summed E-state index contributed by atoms with van der Waals surface area (Å²) in [4.78, 5) is 2.34. The fraction of sp³-hybridized carbons (Fsp3) is 0. The maximum Gasteiger partial charge on any atom is 0.143 e. The van der Waals surface area contributed by atoms with Crippen LogP contribution in [0.25, 0.3) is 110 Å². The van der Waals surface area contributed by atoms with Crippen LogP contribution in [-0.2, 0) is 0 Å². The lowest BCUT2D eigenvalue weighted by atomic mass is 9.97. The highest BCUT2D eigenvalue weighted by Gasteiger charge is 2.21. The molecule has 3 heterocycles. The van der Waals surface area contributed by atoms with Gasteiger partial charge in [0, 0.05) is 54.6 Å². The first-order valence-corrected chi connectivity index (χ1v) is 20.3. The Morgan fingerprint density at radius 1 is 0.283 bits per heavy atom. The van der Waals surface area contributed by atoms with Crippen LogP contribution in [0.5, 0.6) is 0 Å². The van der Waals surface area contributed by atoms with Crippen molar-refractivity contribution in [3.05, 3.63) is 200 Å². The van der Waals surface area contributed by atoms with Crippen LogP contribution in [0.4, 0.5) is 17.1 Å². The van der Waals surface area contributed by atoms with Crippen LogP contribution < -0.4 is 4.90 Å². The summed E-state index contributed by atoms with van der Waals surface area (Å²) in [7, 11) is 0. The number of hydrogen-bond donors (Lipinski definition) is 0. The molecule has 4 nitrogen and oxygen atoms in total. The lowest BCUT2D eigenvalue weighted by Gasteiger charge is -2.26. The highest BCUT2D eigenvalue weighted by Crippen LogP contribution is 2.46. The number of benzene rings is 10. The molecule has 0 bridgehead atoms. The van der Waals surface area contributed by atoms with Crippen molar-refractivity contribution in [1.29, 1.82) is 0 Å². The molecule has 13 aromatic rings. The van der Waals surface area contributed by atoms with Gasteiger partial charge in [-0.15, -0.1) is 0 Å². The molecule has 3 aromatic heterocycles. The molecule has 0 saturated heterocycles. The van der Waals surface area contributed by atoms with E-state index in [0.29, 0.717) is 0 Å². The van der Waals surface area contributed by atoms with E-state index in [1.54, 1.807) is 0 Å². The van der Waals surface area contributed by atoms with Crippen molar-refractivity contribution in [1.82, 2.24) is 0 Å². The van der Waals surface area contributed by atoms with Crippen LogP contribution >= 0.6 is 0 Å². The van der Waals surface area contributed by atoms with E-state index in [-0.39, 0.29) is 0 Å². The molecule has 0 saturated carbocycles. The molecule has 0 radical (unpaired) electrons. The van der Waals surface area contributed by atoms with Crippen molar-refractivity contribution >= 4 is 104 Å². The zero-order valence-corrected chi connectivity index (χ0v) is 32.2. The molecule has 13 rings (SSSR count). The topological polar surface area (TPSA) is 42.7 Å². The van der Waals surface area contributed by atoms with E-state index in [9.17, 15) is 0 Å². The first-order valence-electron chi connectivity index (χ1n) is 20.3. The van der Waals surface area contributed by atoms with E-state index in [2.05, 4.69) is 193 Å². The van der Waals surface area contributed by atoms with Gasteiger partial charge in [-0.05, 0) is 88.1 Å². The van der Waals surface area contributed by atoms with Gasteiger partial charge < -0.3 is 18.2 Å². The first kappa shape index (κ1) is 32.9. The molecule has 0 unspecified atom stereocenters. The van der Waals surface area contributed by atoms with Gasteiger partial charge in [-0.2, -0.15) is 0 Å². The summed E-state index contributed by atoms with van der Waals surface area (Å²) < 4.78 is 19.7. The van der Waals surface area contributed by atoms with Crippen molar-refractivity contribution in [2.24, 2.45) is 0 Å². The minimum absolute atomic E-state index is 0.849. The van der Waals surface area contributed by atoms with Crippen molar-refractivity contribution in [2.45, 2.75) is 0 Å². The van der Waals surface area contributed by atoms with Crippen LogP contribution in [0, 0.1) is 0 Å². The lowest BCUT2D eigenvalue weighted by Crippen LogP contribution is -2.10. The molecule has 10 aromatic carbocycles. The largest absolute Gasteiger partial charge is 0.456 e. The molecule has 0 aliphatic heterocycles. The molecule has 0 aliphatic carbocycles. The van der Waals surface area contributed by atoms with Gasteiger partial charge in [-0.25, -0.2) is 0 Å². The standard InChI is InChI=1S/C56H33NO3/c1-3-12-41-34(10-1)26-32-45-44-17-7-16-43(54(44)60-55(41)45)37-24-30-39(31-25-37)57(48-18-9-21-51-53(48)46-14-5-6-19-49(46)58-51)38-28-22-36(23-29-38)40-15-8-20-50-52(40)47-33-27-35-11-2-4-13-42(35)56(47)59-50/h1-33H. The van der Waals surface area contributed by atoms with E-state index in [1.165, 1.54) is 10.8 Å². The molecular formula is C56H33NO3. The second kappa shape index (κ2) is 12.7. The highest BCUT2D eigenvalue weighted by molar-refractivity contribution is 6.20.